The van der Waals surface area contributed by atoms with Crippen LogP contribution in [0.25, 0.3) is 0 Å². The van der Waals surface area contributed by atoms with E-state index in [1.807, 2.05) is 0 Å². The Labute approximate surface area is 128 Å². The maximum Gasteiger partial charge on any atom is 0.0360 e. The van der Waals surface area contributed by atoms with E-state index in [4.69, 9.17) is 0 Å². The molecule has 0 amide bonds. The zero-order valence-electron chi connectivity index (χ0n) is 13.2. The molecule has 21 heavy (non-hydrogen) atoms. The number of aryl methyl sites for hydroxylation is 3. The highest BCUT2D eigenvalue weighted by molar-refractivity contribution is 5.37. The van der Waals surface area contributed by atoms with Crippen LogP contribution < -0.4 is 5.32 Å². The van der Waals surface area contributed by atoms with Crippen molar-refractivity contribution in [2.45, 2.75) is 45.6 Å². The van der Waals surface area contributed by atoms with E-state index in [1.165, 1.54) is 36.0 Å². The Morgan fingerprint density at radius 3 is 2.71 bits per heavy atom. The first-order valence-electron chi connectivity index (χ1n) is 8.17. The average Bonchev–Trinajstić information content (AvgIpc) is 2.94. The molecule has 1 N–H and O–H groups in total. The number of hydrogen-bond acceptors (Lipinski definition) is 1. The van der Waals surface area contributed by atoms with Gasteiger partial charge in [0, 0.05) is 6.04 Å². The van der Waals surface area contributed by atoms with Gasteiger partial charge in [0.15, 0.2) is 0 Å². The summed E-state index contributed by atoms with van der Waals surface area (Å²) < 4.78 is 0. The first-order chi connectivity index (χ1) is 10.3. The lowest BCUT2D eigenvalue weighted by atomic mass is 9.95. The summed E-state index contributed by atoms with van der Waals surface area (Å²) in [6.45, 7) is 5.37. The molecular formula is C20H25N. The summed E-state index contributed by atoms with van der Waals surface area (Å²) in [4.78, 5) is 0. The third-order valence-corrected chi connectivity index (χ3v) is 4.50. The van der Waals surface area contributed by atoms with Crippen LogP contribution in [-0.4, -0.2) is 6.54 Å². The van der Waals surface area contributed by atoms with E-state index in [-0.39, 0.29) is 0 Å². The minimum absolute atomic E-state index is 0.419. The van der Waals surface area contributed by atoms with Crippen LogP contribution in [-0.2, 0) is 19.3 Å². The lowest BCUT2D eigenvalue weighted by molar-refractivity contribution is 0.549. The number of benzene rings is 2. The standard InChI is InChI=1S/C20H25N/c1-3-21-20(13-16-7-4-6-15(2)12-16)19-11-10-17-8-5-9-18(17)14-19/h4,6-7,10-12,14,20-21H,3,5,8-9,13H2,1-2H3. The van der Waals surface area contributed by atoms with Gasteiger partial charge in [-0.1, -0.05) is 55.0 Å². The van der Waals surface area contributed by atoms with Crippen LogP contribution in [0.2, 0.25) is 0 Å². The zero-order chi connectivity index (χ0) is 14.7. The molecule has 2 aromatic rings. The van der Waals surface area contributed by atoms with Gasteiger partial charge in [-0.25, -0.2) is 0 Å². The second-order valence-electron chi connectivity index (χ2n) is 6.19. The van der Waals surface area contributed by atoms with Gasteiger partial charge in [0.25, 0.3) is 0 Å². The van der Waals surface area contributed by atoms with Gasteiger partial charge in [0.05, 0.1) is 0 Å². The maximum atomic E-state index is 3.66. The van der Waals surface area contributed by atoms with Crippen molar-refractivity contribution >= 4 is 0 Å². The molecule has 0 heterocycles. The number of nitrogens with one attached hydrogen (secondary N) is 1. The highest BCUT2D eigenvalue weighted by Gasteiger charge is 2.16. The van der Waals surface area contributed by atoms with E-state index in [2.05, 4.69) is 61.6 Å². The Morgan fingerprint density at radius 1 is 1.05 bits per heavy atom. The monoisotopic (exact) mass is 279 g/mol. The van der Waals surface area contributed by atoms with Crippen molar-refractivity contribution in [1.29, 1.82) is 0 Å². The van der Waals surface area contributed by atoms with Crippen molar-refractivity contribution in [3.05, 3.63) is 70.3 Å². The summed E-state index contributed by atoms with van der Waals surface area (Å²) in [5.41, 5.74) is 7.33. The first-order valence-corrected chi connectivity index (χ1v) is 8.17. The third kappa shape index (κ3) is 3.36. The predicted molar refractivity (Wildman–Crippen MR) is 89.8 cm³/mol. The molecule has 0 aliphatic heterocycles. The Bertz CT molecular complexity index is 615. The van der Waals surface area contributed by atoms with E-state index >= 15 is 0 Å². The SMILES string of the molecule is CCNC(Cc1cccc(C)c1)c1ccc2c(c1)CCC2. The average molecular weight is 279 g/mol. The maximum absolute atomic E-state index is 3.66. The van der Waals surface area contributed by atoms with Gasteiger partial charge in [-0.15, -0.1) is 0 Å². The molecule has 1 aliphatic rings. The van der Waals surface area contributed by atoms with Gasteiger partial charge >= 0.3 is 0 Å². The number of fused-ring (bicyclic) bond motifs is 1. The van der Waals surface area contributed by atoms with E-state index < -0.39 is 0 Å². The summed E-state index contributed by atoms with van der Waals surface area (Å²) in [6.07, 6.45) is 4.91. The van der Waals surface area contributed by atoms with E-state index in [0.29, 0.717) is 6.04 Å². The minimum atomic E-state index is 0.419. The highest BCUT2D eigenvalue weighted by Crippen LogP contribution is 2.27. The van der Waals surface area contributed by atoms with Crippen molar-refractivity contribution < 1.29 is 0 Å². The fraction of sp³-hybridized carbons (Fsp3) is 0.400. The molecule has 1 atom stereocenters. The van der Waals surface area contributed by atoms with Crippen LogP contribution in [0, 0.1) is 6.92 Å². The summed E-state index contributed by atoms with van der Waals surface area (Å²) >= 11 is 0. The lowest BCUT2D eigenvalue weighted by Gasteiger charge is -2.20. The molecule has 0 saturated carbocycles. The van der Waals surface area contributed by atoms with Gasteiger partial charge in [-0.2, -0.15) is 0 Å². The molecule has 2 aromatic carbocycles. The molecule has 0 fully saturated rings. The number of rotatable bonds is 5. The fourth-order valence-corrected chi connectivity index (χ4v) is 3.44. The summed E-state index contributed by atoms with van der Waals surface area (Å²) in [5, 5.41) is 3.66. The number of likely N-dealkylation sites (N-methyl/N-ethyl adjacent to an activating group) is 1. The van der Waals surface area contributed by atoms with Crippen LogP contribution in [0.15, 0.2) is 42.5 Å². The Hall–Kier alpha value is -1.60. The summed E-state index contributed by atoms with van der Waals surface area (Å²) in [6, 6.07) is 16.4. The quantitative estimate of drug-likeness (QED) is 0.856. The Kier molecular flexibility index (Phi) is 4.40. The van der Waals surface area contributed by atoms with Gasteiger partial charge in [-0.05, 0) is 61.4 Å². The van der Waals surface area contributed by atoms with Gasteiger partial charge in [0.1, 0.15) is 0 Å². The topological polar surface area (TPSA) is 12.0 Å². The van der Waals surface area contributed by atoms with Crippen molar-refractivity contribution in [2.24, 2.45) is 0 Å². The van der Waals surface area contributed by atoms with Gasteiger partial charge in [-0.3, -0.25) is 0 Å². The van der Waals surface area contributed by atoms with Crippen LogP contribution in [0.5, 0.6) is 0 Å². The van der Waals surface area contributed by atoms with Crippen molar-refractivity contribution in [3.8, 4) is 0 Å². The molecule has 1 heteroatoms. The smallest absolute Gasteiger partial charge is 0.0360 e. The molecule has 3 rings (SSSR count). The summed E-state index contributed by atoms with van der Waals surface area (Å²) in [5.74, 6) is 0. The molecule has 0 bridgehead atoms. The van der Waals surface area contributed by atoms with Crippen molar-refractivity contribution in [1.82, 2.24) is 5.32 Å². The Balaban J connectivity index is 1.84. The second kappa shape index (κ2) is 6.44. The molecule has 1 nitrogen and oxygen atoms in total. The molecule has 0 aromatic heterocycles. The molecule has 1 aliphatic carbocycles. The molecular weight excluding hydrogens is 254 g/mol. The van der Waals surface area contributed by atoms with Crippen LogP contribution in [0.4, 0.5) is 0 Å². The molecule has 0 spiro atoms. The molecule has 0 radical (unpaired) electrons. The first kappa shape index (κ1) is 14.3. The fourth-order valence-electron chi connectivity index (χ4n) is 3.44. The van der Waals surface area contributed by atoms with Gasteiger partial charge < -0.3 is 5.32 Å². The normalized spacial score (nSPS) is 15.0. The van der Waals surface area contributed by atoms with Crippen LogP contribution in [0.1, 0.15) is 47.2 Å². The highest BCUT2D eigenvalue weighted by atomic mass is 14.9. The third-order valence-electron chi connectivity index (χ3n) is 4.50. The second-order valence-corrected chi connectivity index (χ2v) is 6.19. The van der Waals surface area contributed by atoms with Crippen LogP contribution >= 0.6 is 0 Å². The lowest BCUT2D eigenvalue weighted by Crippen LogP contribution is -2.23. The van der Waals surface area contributed by atoms with E-state index in [1.54, 1.807) is 11.1 Å². The minimum Gasteiger partial charge on any atom is -0.310 e. The van der Waals surface area contributed by atoms with E-state index in [0.717, 1.165) is 13.0 Å². The molecule has 0 saturated heterocycles. The Morgan fingerprint density at radius 2 is 1.90 bits per heavy atom. The van der Waals surface area contributed by atoms with Gasteiger partial charge in [0.2, 0.25) is 0 Å². The van der Waals surface area contributed by atoms with Crippen molar-refractivity contribution in [2.75, 3.05) is 6.54 Å². The zero-order valence-corrected chi connectivity index (χ0v) is 13.2. The molecule has 1 unspecified atom stereocenters. The summed E-state index contributed by atoms with van der Waals surface area (Å²) in [7, 11) is 0. The predicted octanol–water partition coefficient (Wildman–Crippen LogP) is 4.38. The van der Waals surface area contributed by atoms with Crippen molar-refractivity contribution in [3.63, 3.8) is 0 Å². The van der Waals surface area contributed by atoms with Crippen LogP contribution in [0.3, 0.4) is 0 Å². The largest absolute Gasteiger partial charge is 0.310 e. The number of hydrogen-bond donors (Lipinski definition) is 1. The molecule has 110 valence electrons. The van der Waals surface area contributed by atoms with E-state index in [9.17, 15) is 0 Å².